The van der Waals surface area contributed by atoms with Gasteiger partial charge in [0.2, 0.25) is 0 Å². The summed E-state index contributed by atoms with van der Waals surface area (Å²) >= 11 is 1.56. The highest BCUT2D eigenvalue weighted by Crippen LogP contribution is 2.32. The Bertz CT molecular complexity index is 1120. The molecule has 0 saturated heterocycles. The first-order chi connectivity index (χ1) is 14.1. The fraction of sp³-hybridized carbons (Fsp3) is 0.182. The molecule has 0 fully saturated rings. The van der Waals surface area contributed by atoms with Crippen molar-refractivity contribution in [1.82, 2.24) is 14.8 Å². The van der Waals surface area contributed by atoms with Gasteiger partial charge in [-0.3, -0.25) is 4.68 Å². The molecule has 0 bridgehead atoms. The molecular formula is C22H21FN4OS. The Kier molecular flexibility index (Phi) is 5.57. The molecule has 2 aromatic carbocycles. The van der Waals surface area contributed by atoms with Crippen molar-refractivity contribution in [3.8, 4) is 16.3 Å². The molecule has 0 saturated carbocycles. The number of halogens is 1. The maximum absolute atomic E-state index is 13.9. The van der Waals surface area contributed by atoms with Crippen LogP contribution in [0.15, 0.2) is 60.8 Å². The van der Waals surface area contributed by atoms with Crippen LogP contribution >= 0.6 is 11.3 Å². The largest absolute Gasteiger partial charge is 0.496 e. The Morgan fingerprint density at radius 3 is 2.62 bits per heavy atom. The van der Waals surface area contributed by atoms with E-state index in [4.69, 9.17) is 4.74 Å². The summed E-state index contributed by atoms with van der Waals surface area (Å²) < 4.78 is 21.0. The number of aryl methyl sites for hydroxylation is 1. The number of thiazole rings is 1. The lowest BCUT2D eigenvalue weighted by atomic mass is 10.2. The number of aromatic nitrogens is 3. The van der Waals surface area contributed by atoms with Crippen molar-refractivity contribution < 1.29 is 9.13 Å². The van der Waals surface area contributed by atoms with Crippen LogP contribution in [-0.4, -0.2) is 21.9 Å². The number of ether oxygens (including phenoxy) is 1. The Morgan fingerprint density at radius 2 is 1.83 bits per heavy atom. The summed E-state index contributed by atoms with van der Waals surface area (Å²) in [4.78, 5) is 5.62. The highest BCUT2D eigenvalue weighted by Gasteiger charge is 2.13. The molecule has 148 valence electrons. The quantitative estimate of drug-likeness (QED) is 0.461. The van der Waals surface area contributed by atoms with E-state index in [1.807, 2.05) is 49.5 Å². The Hall–Kier alpha value is -3.19. The molecule has 1 N–H and O–H groups in total. The smallest absolute Gasteiger partial charge is 0.183 e. The summed E-state index contributed by atoms with van der Waals surface area (Å²) in [7, 11) is 1.67. The van der Waals surface area contributed by atoms with E-state index in [-0.39, 0.29) is 5.82 Å². The summed E-state index contributed by atoms with van der Waals surface area (Å²) in [6.07, 6.45) is 1.86. The second-order valence-electron chi connectivity index (χ2n) is 6.59. The predicted octanol–water partition coefficient (Wildman–Crippen LogP) is 5.12. The van der Waals surface area contributed by atoms with Gasteiger partial charge in [-0.15, -0.1) is 0 Å². The van der Waals surface area contributed by atoms with Crippen LogP contribution in [0.1, 0.15) is 16.8 Å². The number of nitrogens with zero attached hydrogens (tertiary/aromatic N) is 3. The second-order valence-corrected chi connectivity index (χ2v) is 7.59. The minimum atomic E-state index is -0.221. The highest BCUT2D eigenvalue weighted by atomic mass is 32.1. The van der Waals surface area contributed by atoms with Crippen molar-refractivity contribution in [1.29, 1.82) is 0 Å². The highest BCUT2D eigenvalue weighted by molar-refractivity contribution is 7.19. The summed E-state index contributed by atoms with van der Waals surface area (Å²) in [6.45, 7) is 2.98. The molecule has 29 heavy (non-hydrogen) atoms. The van der Waals surface area contributed by atoms with Gasteiger partial charge in [0.25, 0.3) is 0 Å². The molecule has 4 rings (SSSR count). The Labute approximate surface area is 172 Å². The summed E-state index contributed by atoms with van der Waals surface area (Å²) in [5.41, 5.74) is 3.43. The van der Waals surface area contributed by atoms with Crippen LogP contribution in [0.4, 0.5) is 9.52 Å². The molecule has 0 amide bonds. The Balaban J connectivity index is 1.48. The first-order valence-corrected chi connectivity index (χ1v) is 10.1. The number of hydrogen-bond acceptors (Lipinski definition) is 5. The van der Waals surface area contributed by atoms with E-state index in [1.54, 1.807) is 35.3 Å². The van der Waals surface area contributed by atoms with E-state index in [1.165, 1.54) is 6.07 Å². The molecule has 0 radical (unpaired) electrons. The van der Waals surface area contributed by atoms with Crippen molar-refractivity contribution in [2.24, 2.45) is 0 Å². The standard InChI is InChI=1S/C22H21FN4OS/c1-15-21(19-11-12-27(26-19)14-17-8-3-5-9-18(17)23)29-22(25-15)24-13-16-7-4-6-10-20(16)28-2/h3-12H,13-14H2,1-2H3,(H,24,25). The molecule has 2 aromatic heterocycles. The molecule has 0 aliphatic heterocycles. The molecule has 0 aliphatic carbocycles. The van der Waals surface area contributed by atoms with Crippen molar-refractivity contribution in [2.75, 3.05) is 12.4 Å². The maximum Gasteiger partial charge on any atom is 0.183 e. The van der Waals surface area contributed by atoms with E-state index < -0.39 is 0 Å². The van der Waals surface area contributed by atoms with E-state index in [2.05, 4.69) is 15.4 Å². The molecule has 4 aromatic rings. The third kappa shape index (κ3) is 4.30. The number of anilines is 1. The van der Waals surface area contributed by atoms with Crippen molar-refractivity contribution in [2.45, 2.75) is 20.0 Å². The number of methoxy groups -OCH3 is 1. The van der Waals surface area contributed by atoms with Crippen molar-refractivity contribution in [3.05, 3.63) is 83.4 Å². The average Bonchev–Trinajstić information content (AvgIpc) is 3.34. The van der Waals surface area contributed by atoms with Crippen LogP contribution in [0.3, 0.4) is 0 Å². The fourth-order valence-electron chi connectivity index (χ4n) is 3.10. The minimum Gasteiger partial charge on any atom is -0.496 e. The van der Waals surface area contributed by atoms with Gasteiger partial charge < -0.3 is 10.1 Å². The number of nitrogens with one attached hydrogen (secondary N) is 1. The second kappa shape index (κ2) is 8.45. The molecular weight excluding hydrogens is 387 g/mol. The topological polar surface area (TPSA) is 52.0 Å². The van der Waals surface area contributed by atoms with Crippen LogP contribution in [0.2, 0.25) is 0 Å². The molecule has 2 heterocycles. The van der Waals surface area contributed by atoms with Gasteiger partial charge in [0.15, 0.2) is 5.13 Å². The Morgan fingerprint density at radius 1 is 1.07 bits per heavy atom. The number of benzene rings is 2. The van der Waals surface area contributed by atoms with Gasteiger partial charge >= 0.3 is 0 Å². The van der Waals surface area contributed by atoms with E-state index >= 15 is 0 Å². The van der Waals surface area contributed by atoms with Crippen LogP contribution in [-0.2, 0) is 13.1 Å². The molecule has 0 aliphatic rings. The SMILES string of the molecule is COc1ccccc1CNc1nc(C)c(-c2ccn(Cc3ccccc3F)n2)s1. The predicted molar refractivity (Wildman–Crippen MR) is 114 cm³/mol. The molecule has 7 heteroatoms. The van der Waals surface area contributed by atoms with Gasteiger partial charge in [-0.05, 0) is 25.1 Å². The van der Waals surface area contributed by atoms with Gasteiger partial charge in [0, 0.05) is 23.9 Å². The average molecular weight is 409 g/mol. The van der Waals surface area contributed by atoms with Gasteiger partial charge in [0.1, 0.15) is 17.3 Å². The summed E-state index contributed by atoms with van der Waals surface area (Å²) in [6, 6.07) is 16.6. The number of hydrogen-bond donors (Lipinski definition) is 1. The molecule has 0 spiro atoms. The third-order valence-electron chi connectivity index (χ3n) is 4.58. The van der Waals surface area contributed by atoms with Gasteiger partial charge in [-0.25, -0.2) is 9.37 Å². The lowest BCUT2D eigenvalue weighted by Gasteiger charge is -2.08. The van der Waals surface area contributed by atoms with E-state index in [0.29, 0.717) is 18.7 Å². The van der Waals surface area contributed by atoms with E-state index in [9.17, 15) is 4.39 Å². The minimum absolute atomic E-state index is 0.221. The maximum atomic E-state index is 13.9. The zero-order valence-electron chi connectivity index (χ0n) is 16.2. The van der Waals surface area contributed by atoms with Crippen LogP contribution in [0, 0.1) is 12.7 Å². The zero-order valence-corrected chi connectivity index (χ0v) is 17.0. The fourth-order valence-corrected chi connectivity index (χ4v) is 4.03. The normalized spacial score (nSPS) is 10.9. The number of rotatable bonds is 7. The first-order valence-electron chi connectivity index (χ1n) is 9.24. The molecule has 5 nitrogen and oxygen atoms in total. The van der Waals surface area contributed by atoms with Crippen LogP contribution in [0.5, 0.6) is 5.75 Å². The summed E-state index contributed by atoms with van der Waals surface area (Å²) in [5.74, 6) is 0.627. The molecule has 0 atom stereocenters. The number of para-hydroxylation sites is 1. The third-order valence-corrected chi connectivity index (χ3v) is 5.72. The lowest BCUT2D eigenvalue weighted by molar-refractivity contribution is 0.410. The van der Waals surface area contributed by atoms with Gasteiger partial charge in [-0.2, -0.15) is 5.10 Å². The first kappa shape index (κ1) is 19.1. The molecule has 0 unspecified atom stereocenters. The van der Waals surface area contributed by atoms with Crippen molar-refractivity contribution >= 4 is 16.5 Å². The van der Waals surface area contributed by atoms with Crippen LogP contribution in [0.25, 0.3) is 10.6 Å². The van der Waals surface area contributed by atoms with Crippen molar-refractivity contribution in [3.63, 3.8) is 0 Å². The lowest BCUT2D eigenvalue weighted by Crippen LogP contribution is -2.02. The van der Waals surface area contributed by atoms with Crippen LogP contribution < -0.4 is 10.1 Å². The summed E-state index contributed by atoms with van der Waals surface area (Å²) in [5, 5.41) is 8.80. The van der Waals surface area contributed by atoms with Gasteiger partial charge in [0.05, 0.1) is 24.2 Å². The zero-order chi connectivity index (χ0) is 20.2. The van der Waals surface area contributed by atoms with E-state index in [0.717, 1.165) is 32.7 Å². The van der Waals surface area contributed by atoms with Gasteiger partial charge in [-0.1, -0.05) is 47.7 Å². The monoisotopic (exact) mass is 408 g/mol.